The van der Waals surface area contributed by atoms with Crippen molar-refractivity contribution in [1.82, 2.24) is 10.6 Å². The fourth-order valence-electron chi connectivity index (χ4n) is 1.20. The maximum absolute atomic E-state index is 10.8. The SMILES string of the molecule is O=C(O)[C@H](CCCNCP(=O)(O)O)NCP(=O)(O)O. The minimum absolute atomic E-state index is 0.0729. The zero-order valence-corrected chi connectivity index (χ0v) is 11.8. The Labute approximate surface area is 109 Å². The second-order valence-corrected chi connectivity index (χ2v) is 7.17. The number of carboxylic acids is 1. The first kappa shape index (κ1) is 18.7. The van der Waals surface area contributed by atoms with Gasteiger partial charge in [-0.1, -0.05) is 0 Å². The van der Waals surface area contributed by atoms with E-state index < -0.39 is 39.8 Å². The summed E-state index contributed by atoms with van der Waals surface area (Å²) < 4.78 is 21.1. The van der Waals surface area contributed by atoms with Crippen LogP contribution in [0.4, 0.5) is 0 Å². The highest BCUT2D eigenvalue weighted by molar-refractivity contribution is 7.51. The van der Waals surface area contributed by atoms with Gasteiger partial charge < -0.3 is 30.0 Å². The number of hydrogen-bond acceptors (Lipinski definition) is 5. The number of rotatable bonds is 10. The molecule has 114 valence electrons. The maximum atomic E-state index is 10.8. The molecule has 0 fully saturated rings. The predicted octanol–water partition coefficient (Wildman–Crippen LogP) is -1.33. The van der Waals surface area contributed by atoms with Crippen molar-refractivity contribution < 1.29 is 38.6 Å². The number of hydrogen-bond donors (Lipinski definition) is 7. The summed E-state index contributed by atoms with van der Waals surface area (Å²) >= 11 is 0. The van der Waals surface area contributed by atoms with Gasteiger partial charge in [-0.25, -0.2) is 0 Å². The van der Waals surface area contributed by atoms with Crippen molar-refractivity contribution in [1.29, 1.82) is 0 Å². The molecule has 0 bridgehead atoms. The van der Waals surface area contributed by atoms with Gasteiger partial charge in [0.15, 0.2) is 0 Å². The Hall–Kier alpha value is -0.310. The monoisotopic (exact) mass is 320 g/mol. The van der Waals surface area contributed by atoms with Crippen LogP contribution >= 0.6 is 15.2 Å². The van der Waals surface area contributed by atoms with E-state index >= 15 is 0 Å². The van der Waals surface area contributed by atoms with Crippen LogP contribution < -0.4 is 10.6 Å². The van der Waals surface area contributed by atoms with E-state index in [-0.39, 0.29) is 19.4 Å². The second kappa shape index (κ2) is 8.08. The molecular weight excluding hydrogens is 302 g/mol. The Morgan fingerprint density at radius 2 is 1.58 bits per heavy atom. The topological polar surface area (TPSA) is 176 Å². The lowest BCUT2D eigenvalue weighted by Crippen LogP contribution is -2.37. The minimum Gasteiger partial charge on any atom is -0.480 e. The van der Waals surface area contributed by atoms with Gasteiger partial charge in [-0.15, -0.1) is 0 Å². The number of carbonyl (C=O) groups is 1. The molecule has 19 heavy (non-hydrogen) atoms. The third kappa shape index (κ3) is 12.5. The summed E-state index contributed by atoms with van der Waals surface area (Å²) in [6, 6.07) is -1.12. The molecule has 0 saturated heterocycles. The average molecular weight is 320 g/mol. The third-order valence-corrected chi connectivity index (χ3v) is 3.24. The molecule has 1 atom stereocenters. The Morgan fingerprint density at radius 1 is 1.05 bits per heavy atom. The van der Waals surface area contributed by atoms with Crippen LogP contribution in [-0.4, -0.2) is 55.8 Å². The van der Waals surface area contributed by atoms with E-state index in [4.69, 9.17) is 24.7 Å². The van der Waals surface area contributed by atoms with Gasteiger partial charge in [-0.05, 0) is 19.4 Å². The van der Waals surface area contributed by atoms with Crippen LogP contribution in [0.2, 0.25) is 0 Å². The van der Waals surface area contributed by atoms with Crippen LogP contribution in [-0.2, 0) is 13.9 Å². The van der Waals surface area contributed by atoms with Gasteiger partial charge in [0.25, 0.3) is 0 Å². The van der Waals surface area contributed by atoms with Crippen LogP contribution in [0.1, 0.15) is 12.8 Å². The first-order chi connectivity index (χ1) is 8.51. The zero-order valence-electron chi connectivity index (χ0n) is 9.97. The highest BCUT2D eigenvalue weighted by Gasteiger charge is 2.21. The predicted molar refractivity (Wildman–Crippen MR) is 65.6 cm³/mol. The van der Waals surface area contributed by atoms with Crippen LogP contribution in [0.25, 0.3) is 0 Å². The molecule has 0 spiro atoms. The molecule has 0 aromatic rings. The molecule has 10 nitrogen and oxygen atoms in total. The number of aliphatic carboxylic acids is 1. The van der Waals surface area contributed by atoms with Crippen molar-refractivity contribution in [3.63, 3.8) is 0 Å². The fourth-order valence-corrected chi connectivity index (χ4v) is 2.11. The summed E-state index contributed by atoms with van der Waals surface area (Å²) in [5.41, 5.74) is 0. The van der Waals surface area contributed by atoms with Crippen molar-refractivity contribution >= 4 is 21.2 Å². The van der Waals surface area contributed by atoms with E-state index in [0.29, 0.717) is 0 Å². The van der Waals surface area contributed by atoms with Crippen molar-refractivity contribution in [2.75, 3.05) is 19.1 Å². The molecule has 0 unspecified atom stereocenters. The smallest absolute Gasteiger partial charge is 0.339 e. The van der Waals surface area contributed by atoms with Crippen LogP contribution in [0.3, 0.4) is 0 Å². The Morgan fingerprint density at radius 3 is 2.00 bits per heavy atom. The maximum Gasteiger partial charge on any atom is 0.339 e. The van der Waals surface area contributed by atoms with Gasteiger partial charge in [0.1, 0.15) is 6.04 Å². The van der Waals surface area contributed by atoms with Gasteiger partial charge in [-0.3, -0.25) is 19.2 Å². The van der Waals surface area contributed by atoms with Gasteiger partial charge in [-0.2, -0.15) is 0 Å². The van der Waals surface area contributed by atoms with E-state index in [0.717, 1.165) is 0 Å². The Kier molecular flexibility index (Phi) is 7.95. The van der Waals surface area contributed by atoms with Crippen molar-refractivity contribution in [2.24, 2.45) is 0 Å². The molecule has 0 radical (unpaired) electrons. The van der Waals surface area contributed by atoms with Crippen LogP contribution in [0.15, 0.2) is 0 Å². The van der Waals surface area contributed by atoms with Crippen molar-refractivity contribution in [3.05, 3.63) is 0 Å². The molecule has 7 N–H and O–H groups in total. The fraction of sp³-hybridized carbons (Fsp3) is 0.857. The Balaban J connectivity index is 3.93. The van der Waals surface area contributed by atoms with Gasteiger partial charge in [0, 0.05) is 0 Å². The molecule has 0 aromatic heterocycles. The van der Waals surface area contributed by atoms with Gasteiger partial charge in [0.2, 0.25) is 0 Å². The largest absolute Gasteiger partial charge is 0.480 e. The average Bonchev–Trinajstić information content (AvgIpc) is 2.18. The number of nitrogens with one attached hydrogen (secondary N) is 2. The molecule has 0 aromatic carbocycles. The summed E-state index contributed by atoms with van der Waals surface area (Å²) in [4.78, 5) is 45.1. The van der Waals surface area contributed by atoms with Crippen LogP contribution in [0.5, 0.6) is 0 Å². The molecule has 0 saturated carbocycles. The molecule has 0 heterocycles. The summed E-state index contributed by atoms with van der Waals surface area (Å²) in [6.07, 6.45) is -0.880. The first-order valence-corrected chi connectivity index (χ1v) is 8.87. The Bertz CT molecular complexity index is 377. The molecule has 0 aliphatic rings. The summed E-state index contributed by atoms with van der Waals surface area (Å²) in [5.74, 6) is -1.25. The summed E-state index contributed by atoms with van der Waals surface area (Å²) in [5, 5.41) is 13.5. The lowest BCUT2D eigenvalue weighted by molar-refractivity contribution is -0.139. The summed E-state index contributed by atoms with van der Waals surface area (Å²) in [6.45, 7) is 0.187. The molecule has 0 aliphatic heterocycles. The minimum atomic E-state index is -4.32. The first-order valence-electron chi connectivity index (χ1n) is 5.27. The molecule has 0 amide bonds. The van der Waals surface area contributed by atoms with E-state index in [2.05, 4.69) is 10.6 Å². The van der Waals surface area contributed by atoms with E-state index in [1.54, 1.807) is 0 Å². The van der Waals surface area contributed by atoms with Gasteiger partial charge >= 0.3 is 21.2 Å². The summed E-state index contributed by atoms with van der Waals surface area (Å²) in [7, 11) is -8.45. The van der Waals surface area contributed by atoms with E-state index in [1.165, 1.54) is 0 Å². The van der Waals surface area contributed by atoms with E-state index in [9.17, 15) is 13.9 Å². The second-order valence-electron chi connectivity index (χ2n) is 3.88. The van der Waals surface area contributed by atoms with Gasteiger partial charge in [0.05, 0.1) is 12.6 Å². The molecule has 0 rings (SSSR count). The molecule has 12 heteroatoms. The highest BCUT2D eigenvalue weighted by atomic mass is 31.2. The molecule has 0 aliphatic carbocycles. The lowest BCUT2D eigenvalue weighted by Gasteiger charge is -2.15. The standard InChI is InChI=1S/C7H18N2O8P2/c10-7(11)6(9-5-19(15,16)17)2-1-3-8-4-18(12,13)14/h6,8-9H,1-5H2,(H,10,11)(H2,12,13,14)(H2,15,16,17)/t6-/m0/s1. The van der Waals surface area contributed by atoms with E-state index in [1.807, 2.05) is 0 Å². The van der Waals surface area contributed by atoms with Crippen LogP contribution in [0, 0.1) is 0 Å². The lowest BCUT2D eigenvalue weighted by atomic mass is 10.1. The quantitative estimate of drug-likeness (QED) is 0.188. The highest BCUT2D eigenvalue weighted by Crippen LogP contribution is 2.32. The molecular formula is C7H18N2O8P2. The van der Waals surface area contributed by atoms with Crippen molar-refractivity contribution in [2.45, 2.75) is 18.9 Å². The number of carboxylic acid groups (broad SMARTS) is 1. The van der Waals surface area contributed by atoms with Crippen molar-refractivity contribution in [3.8, 4) is 0 Å². The third-order valence-electron chi connectivity index (χ3n) is 2.01. The normalized spacial score (nSPS) is 14.3. The zero-order chi connectivity index (χ0) is 15.1.